The monoisotopic (exact) mass is 1670 g/mol. The molecule has 0 aromatic carbocycles. The Kier molecular flexibility index (Phi) is 159. The average Bonchev–Trinajstić information content (AvgIpc) is 1.78. The van der Waals surface area contributed by atoms with Crippen LogP contribution in [-0.4, -0.2) is 149 Å². The summed E-state index contributed by atoms with van der Waals surface area (Å²) >= 11 is 0. The number of aromatic nitrogens is 30. The summed E-state index contributed by atoms with van der Waals surface area (Å²) in [4.78, 5) is 15.2. The lowest BCUT2D eigenvalue weighted by Gasteiger charge is -2.01. The Morgan fingerprint density at radius 2 is 0.761 bits per heavy atom. The fourth-order valence-electron chi connectivity index (χ4n) is 6.28. The first-order valence-corrected chi connectivity index (χ1v) is 39.0. The highest BCUT2D eigenvalue weighted by Crippen LogP contribution is 2.12. The topological polar surface area (TPSA) is 307 Å². The van der Waals surface area contributed by atoms with E-state index in [0.29, 0.717) is 59.7 Å². The Morgan fingerprint density at radius 1 is 0.308 bits per heavy atom. The normalized spacial score (nSPS) is 8.27. The number of aryl methyl sites for hydroxylation is 6. The minimum atomic E-state index is 0. The van der Waals surface area contributed by atoms with Gasteiger partial charge >= 0.3 is 0 Å². The molecule has 0 amide bonds. The van der Waals surface area contributed by atoms with Gasteiger partial charge in [-0.25, -0.2) is 15.0 Å². The minimum absolute atomic E-state index is 0. The molecule has 10 aromatic rings. The van der Waals surface area contributed by atoms with Crippen LogP contribution in [-0.2, 0) is 42.3 Å². The van der Waals surface area contributed by atoms with Crippen molar-refractivity contribution in [3.05, 3.63) is 122 Å². The van der Waals surface area contributed by atoms with E-state index in [2.05, 4.69) is 227 Å². The molecule has 0 bridgehead atoms. The van der Waals surface area contributed by atoms with E-state index in [9.17, 15) is 0 Å². The molecule has 0 saturated carbocycles. The summed E-state index contributed by atoms with van der Waals surface area (Å²) in [5.74, 6) is 5.85. The molecule has 10 heterocycles. The standard InChI is InChI=1S/6C6H11N3.4C5H9N3.10C2H6.11CH4/c1-5(2)6-8-7-4-9(6)3;1-5(2)6-7-4-9(3)8-6;1-5(2)6-7-4-8-9(6)3;1-5(2)6-4-9(3)8-7-6;1-5(2)6-4-7-8-9(6)3;1-5(2)6-4-7-9(3)8-6;1-5(2)8-3-6-7-4-8;1-5(2)8-4-6-3-7-8;1-5(2)8-4-3-6-7-8;1-5(2)8-6-3-4-7-8;10*1-2;;;;;;;;;;;/h6*4-5H,1-3H3;4*3-5H,1-2H3;10*1-2H3;11*1H4. The third-order valence-electron chi connectivity index (χ3n) is 11.3. The highest BCUT2D eigenvalue weighted by atomic mass is 15.5. The van der Waals surface area contributed by atoms with Crippen molar-refractivity contribution >= 4 is 0 Å². The smallest absolute Gasteiger partial charge is 0.153 e. The maximum absolute atomic E-state index is 4.12. The van der Waals surface area contributed by atoms with Gasteiger partial charge in [0.15, 0.2) is 5.82 Å². The number of rotatable bonds is 10. The predicted octanol–water partition coefficient (Wildman–Crippen LogP) is 26.3. The van der Waals surface area contributed by atoms with E-state index in [0.717, 1.165) is 28.9 Å². The molecule has 0 atom stereocenters. The van der Waals surface area contributed by atoms with Gasteiger partial charge in [0.05, 0.1) is 54.1 Å². The highest BCUT2D eigenvalue weighted by molar-refractivity contribution is 4.99. The molecule has 0 N–H and O–H groups in total. The van der Waals surface area contributed by atoms with Crippen molar-refractivity contribution in [1.82, 2.24) is 149 Å². The first kappa shape index (κ1) is 164. The Labute approximate surface area is 728 Å². The molecule has 0 unspecified atom stereocenters. The minimum Gasteiger partial charge on any atom is -0.321 e. The van der Waals surface area contributed by atoms with Crippen LogP contribution in [0.15, 0.2) is 87.7 Å². The zero-order valence-corrected chi connectivity index (χ0v) is 76.3. The first-order valence-electron chi connectivity index (χ1n) is 39.0. The Hall–Kier alpha value is -8.60. The average molecular weight is 1670 g/mol. The van der Waals surface area contributed by atoms with Crippen molar-refractivity contribution in [1.29, 1.82) is 0 Å². The van der Waals surface area contributed by atoms with Crippen molar-refractivity contribution in [2.45, 2.75) is 418 Å². The Morgan fingerprint density at radius 3 is 0.932 bits per heavy atom. The summed E-state index contributed by atoms with van der Waals surface area (Å²) in [6, 6.07) is 1.71. The molecule has 0 saturated heterocycles. The zero-order valence-electron chi connectivity index (χ0n) is 76.3. The Bertz CT molecular complexity index is 2750. The van der Waals surface area contributed by atoms with E-state index >= 15 is 0 Å². The third kappa shape index (κ3) is 88.1. The van der Waals surface area contributed by atoms with Crippen molar-refractivity contribution in [2.24, 2.45) is 42.3 Å². The molecule has 0 fully saturated rings. The zero-order chi connectivity index (χ0) is 85.1. The van der Waals surface area contributed by atoms with Gasteiger partial charge in [-0.1, -0.05) is 319 Å². The lowest BCUT2D eigenvalue weighted by molar-refractivity contribution is 0.466. The summed E-state index contributed by atoms with van der Waals surface area (Å²) in [7, 11) is 11.3. The fourth-order valence-corrected chi connectivity index (χ4v) is 6.28. The molecule has 30 heteroatoms. The van der Waals surface area contributed by atoms with Gasteiger partial charge in [-0.3, -0.25) is 28.1 Å². The molecule has 704 valence electrons. The second-order valence-corrected chi connectivity index (χ2v) is 22.5. The molecule has 0 radical (unpaired) electrons. The molecule has 30 nitrogen and oxygen atoms in total. The summed E-state index contributed by atoms with van der Waals surface area (Å²) < 4.78 is 14.5. The fraction of sp³-hybridized carbons (Fsp3) is 0.770. The van der Waals surface area contributed by atoms with E-state index in [1.165, 1.54) is 5.69 Å². The van der Waals surface area contributed by atoms with Gasteiger partial charge in [0.2, 0.25) is 0 Å². The van der Waals surface area contributed by atoms with Crippen LogP contribution < -0.4 is 0 Å². The van der Waals surface area contributed by atoms with Crippen LogP contribution in [0.5, 0.6) is 0 Å². The van der Waals surface area contributed by atoms with Gasteiger partial charge in [0, 0.05) is 90.6 Å². The summed E-state index contributed by atoms with van der Waals surface area (Å²) in [5.41, 5.74) is 3.28. The lowest BCUT2D eigenvalue weighted by atomic mass is 10.1. The van der Waals surface area contributed by atoms with E-state index in [1.54, 1.807) is 113 Å². The maximum atomic E-state index is 4.12. The van der Waals surface area contributed by atoms with Crippen LogP contribution in [0.3, 0.4) is 0 Å². The first-order chi connectivity index (χ1) is 50.5. The van der Waals surface area contributed by atoms with Gasteiger partial charge in [-0.15, -0.1) is 35.7 Å². The summed E-state index contributed by atoms with van der Waals surface area (Å²) in [5, 5.41) is 65.6. The molecule has 10 rings (SSSR count). The summed E-state index contributed by atoms with van der Waals surface area (Å²) in [6.07, 6.45) is 24.1. The highest BCUT2D eigenvalue weighted by Gasteiger charge is 2.07. The summed E-state index contributed by atoms with van der Waals surface area (Å²) in [6.45, 7) is 81.7. The molecule has 117 heavy (non-hydrogen) atoms. The van der Waals surface area contributed by atoms with E-state index in [-0.39, 0.29) is 81.7 Å². The van der Waals surface area contributed by atoms with E-state index in [1.807, 2.05) is 216 Å². The molecule has 0 aliphatic carbocycles. The van der Waals surface area contributed by atoms with Gasteiger partial charge in [-0.2, -0.15) is 45.3 Å². The lowest BCUT2D eigenvalue weighted by Crippen LogP contribution is -2.03. The Balaban J connectivity index is -0.0000000445. The molecule has 0 aliphatic rings. The molecule has 0 aliphatic heterocycles. The van der Waals surface area contributed by atoms with E-state index in [4.69, 9.17) is 0 Å². The van der Waals surface area contributed by atoms with Crippen LogP contribution in [0, 0.1) is 0 Å². The largest absolute Gasteiger partial charge is 0.321 e. The quantitative estimate of drug-likeness (QED) is 0.123. The van der Waals surface area contributed by atoms with Crippen molar-refractivity contribution in [3.63, 3.8) is 0 Å². The van der Waals surface area contributed by atoms with Crippen LogP contribution in [0.25, 0.3) is 0 Å². The number of nitrogens with zero attached hydrogens (tertiary/aromatic N) is 30. The van der Waals surface area contributed by atoms with Crippen LogP contribution in [0.4, 0.5) is 0 Å². The maximum Gasteiger partial charge on any atom is 0.153 e. The van der Waals surface area contributed by atoms with E-state index < -0.39 is 0 Å². The second-order valence-electron chi connectivity index (χ2n) is 22.5. The molecule has 10 aromatic heterocycles. The number of hydrogen-bond donors (Lipinski definition) is 0. The molecule has 0 spiro atoms. The van der Waals surface area contributed by atoms with Crippen molar-refractivity contribution < 1.29 is 0 Å². The predicted molar refractivity (Wildman–Crippen MR) is 520 cm³/mol. The van der Waals surface area contributed by atoms with Gasteiger partial charge in [-0.05, 0) is 73.1 Å². The second kappa shape index (κ2) is 114. The molecular formula is C87H206N30. The van der Waals surface area contributed by atoms with Gasteiger partial charge in [0.1, 0.15) is 55.9 Å². The third-order valence-corrected chi connectivity index (χ3v) is 11.3. The number of hydrogen-bond acceptors (Lipinski definition) is 20. The van der Waals surface area contributed by atoms with Crippen LogP contribution in [0.1, 0.15) is 453 Å². The molecular weight excluding hydrogens is 1470 g/mol. The van der Waals surface area contributed by atoms with Crippen LogP contribution >= 0.6 is 0 Å². The van der Waals surface area contributed by atoms with Crippen molar-refractivity contribution in [2.75, 3.05) is 0 Å². The van der Waals surface area contributed by atoms with Crippen LogP contribution in [0.2, 0.25) is 0 Å². The van der Waals surface area contributed by atoms with Crippen molar-refractivity contribution in [3.8, 4) is 0 Å². The van der Waals surface area contributed by atoms with Gasteiger partial charge < -0.3 is 9.13 Å². The van der Waals surface area contributed by atoms with Gasteiger partial charge in [0.25, 0.3) is 0 Å². The SMILES string of the molecule is C.C.C.C.C.C.C.C.C.C.C.CC.CC.CC.CC.CC.CC.CC.CC.CC.CC.CC(C)c1cn(C)nn1.CC(C)c1cnn(C)n1.CC(C)c1cnnn1C.CC(C)c1ncn(C)n1.CC(C)c1ncnn1C.CC(C)c1nncn1C.CC(C)n1ccnn1.CC(C)n1cncn1.CC(C)n1cnnc1.CC(C)n1nccn1.